The van der Waals surface area contributed by atoms with Crippen LogP contribution in [0.2, 0.25) is 5.02 Å². The predicted molar refractivity (Wildman–Crippen MR) is 90.5 cm³/mol. The van der Waals surface area contributed by atoms with E-state index in [4.69, 9.17) is 11.6 Å². The predicted octanol–water partition coefficient (Wildman–Crippen LogP) is 5.47. The minimum Gasteiger partial charge on any atom is -0.313 e. The number of nitrogens with one attached hydrogen (secondary N) is 1. The van der Waals surface area contributed by atoms with Crippen molar-refractivity contribution in [3.8, 4) is 0 Å². The van der Waals surface area contributed by atoms with Crippen LogP contribution in [-0.4, -0.2) is 12.6 Å². The van der Waals surface area contributed by atoms with E-state index >= 15 is 0 Å². The summed E-state index contributed by atoms with van der Waals surface area (Å²) in [7, 11) is 0. The van der Waals surface area contributed by atoms with Crippen LogP contribution in [0.1, 0.15) is 58.4 Å². The van der Waals surface area contributed by atoms with Gasteiger partial charge >= 0.3 is 0 Å². The normalized spacial score (nSPS) is 14.2. The Bertz CT molecular complexity index is 347. The van der Waals surface area contributed by atoms with Gasteiger partial charge in [0.15, 0.2) is 0 Å². The smallest absolute Gasteiger partial charge is 0.0406 e. The van der Waals surface area contributed by atoms with Gasteiger partial charge in [0.25, 0.3) is 0 Å². The summed E-state index contributed by atoms with van der Waals surface area (Å²) in [5.41, 5.74) is 1.39. The molecule has 1 N–H and O–H groups in total. The second kappa shape index (κ2) is 10.2. The fraction of sp³-hybridized carbons (Fsp3) is 0.667. The van der Waals surface area contributed by atoms with Crippen molar-refractivity contribution in [2.24, 2.45) is 5.92 Å². The van der Waals surface area contributed by atoms with Crippen LogP contribution in [0.5, 0.6) is 0 Å². The quantitative estimate of drug-likeness (QED) is 0.604. The van der Waals surface area contributed by atoms with Gasteiger partial charge < -0.3 is 5.32 Å². The van der Waals surface area contributed by atoms with E-state index in [1.807, 2.05) is 12.1 Å². The Labute approximate surface area is 130 Å². The Morgan fingerprint density at radius 2 is 1.75 bits per heavy atom. The molecule has 0 aliphatic heterocycles. The molecule has 114 valence electrons. The second-order valence-electron chi connectivity index (χ2n) is 5.70. The van der Waals surface area contributed by atoms with Crippen LogP contribution in [0.15, 0.2) is 24.3 Å². The highest BCUT2D eigenvalue weighted by molar-refractivity contribution is 6.30. The second-order valence-corrected chi connectivity index (χ2v) is 6.14. The summed E-state index contributed by atoms with van der Waals surface area (Å²) in [4.78, 5) is 0. The fourth-order valence-corrected chi connectivity index (χ4v) is 2.89. The zero-order valence-electron chi connectivity index (χ0n) is 13.3. The lowest BCUT2D eigenvalue weighted by molar-refractivity contribution is 0.315. The fourth-order valence-electron chi connectivity index (χ4n) is 2.77. The van der Waals surface area contributed by atoms with Crippen molar-refractivity contribution in [2.45, 2.75) is 65.3 Å². The molecule has 0 fully saturated rings. The van der Waals surface area contributed by atoms with E-state index in [0.717, 1.165) is 23.9 Å². The van der Waals surface area contributed by atoms with Crippen LogP contribution in [0.3, 0.4) is 0 Å². The third kappa shape index (κ3) is 6.28. The molecule has 0 bridgehead atoms. The highest BCUT2D eigenvalue weighted by Crippen LogP contribution is 2.21. The number of halogens is 1. The van der Waals surface area contributed by atoms with Gasteiger partial charge in [-0.15, -0.1) is 0 Å². The standard InChI is InChI=1S/C18H30ClN/c1-4-7-8-16(6-3)18(20-13-5-2)14-15-9-11-17(19)12-10-15/h9-12,16,18,20H,4-8,13-14H2,1-3H3. The highest BCUT2D eigenvalue weighted by atomic mass is 35.5. The molecule has 1 aromatic carbocycles. The first-order valence-corrected chi connectivity index (χ1v) is 8.56. The Kier molecular flexibility index (Phi) is 8.97. The first-order chi connectivity index (χ1) is 9.71. The van der Waals surface area contributed by atoms with Crippen LogP contribution in [0.25, 0.3) is 0 Å². The number of rotatable bonds is 10. The Morgan fingerprint density at radius 1 is 1.05 bits per heavy atom. The lowest BCUT2D eigenvalue weighted by Gasteiger charge is -2.27. The molecule has 1 aromatic rings. The van der Waals surface area contributed by atoms with E-state index in [-0.39, 0.29) is 0 Å². The summed E-state index contributed by atoms with van der Waals surface area (Å²) in [5.74, 6) is 0.775. The summed E-state index contributed by atoms with van der Waals surface area (Å²) in [6.45, 7) is 7.95. The summed E-state index contributed by atoms with van der Waals surface area (Å²) >= 11 is 5.97. The SMILES string of the molecule is CCCCC(CC)C(Cc1ccc(Cl)cc1)NCCC. The van der Waals surface area contributed by atoms with Gasteiger partial charge in [-0.25, -0.2) is 0 Å². The van der Waals surface area contributed by atoms with Gasteiger partial charge in [0.2, 0.25) is 0 Å². The van der Waals surface area contributed by atoms with Gasteiger partial charge in [0.1, 0.15) is 0 Å². The summed E-state index contributed by atoms with van der Waals surface area (Å²) in [6.07, 6.45) is 7.53. The van der Waals surface area contributed by atoms with E-state index in [1.54, 1.807) is 0 Å². The first-order valence-electron chi connectivity index (χ1n) is 8.19. The van der Waals surface area contributed by atoms with Crippen molar-refractivity contribution in [2.75, 3.05) is 6.54 Å². The van der Waals surface area contributed by atoms with Crippen molar-refractivity contribution < 1.29 is 0 Å². The number of benzene rings is 1. The summed E-state index contributed by atoms with van der Waals surface area (Å²) in [6, 6.07) is 8.92. The third-order valence-electron chi connectivity index (χ3n) is 4.05. The maximum Gasteiger partial charge on any atom is 0.0406 e. The molecular formula is C18H30ClN. The van der Waals surface area contributed by atoms with Crippen molar-refractivity contribution in [1.29, 1.82) is 0 Å². The molecule has 0 aromatic heterocycles. The molecule has 0 aliphatic rings. The van der Waals surface area contributed by atoms with E-state index in [9.17, 15) is 0 Å². The topological polar surface area (TPSA) is 12.0 Å². The number of hydrogen-bond donors (Lipinski definition) is 1. The van der Waals surface area contributed by atoms with Gasteiger partial charge in [-0.1, -0.05) is 63.8 Å². The molecule has 2 atom stereocenters. The monoisotopic (exact) mass is 295 g/mol. The van der Waals surface area contributed by atoms with Crippen LogP contribution in [-0.2, 0) is 6.42 Å². The highest BCUT2D eigenvalue weighted by Gasteiger charge is 2.19. The maximum absolute atomic E-state index is 5.97. The Balaban J connectivity index is 2.68. The zero-order chi connectivity index (χ0) is 14.8. The molecule has 0 spiro atoms. The lowest BCUT2D eigenvalue weighted by Crippen LogP contribution is -2.38. The van der Waals surface area contributed by atoms with Crippen LogP contribution < -0.4 is 5.32 Å². The van der Waals surface area contributed by atoms with E-state index in [0.29, 0.717) is 6.04 Å². The first kappa shape index (κ1) is 17.5. The van der Waals surface area contributed by atoms with Gasteiger partial charge in [0.05, 0.1) is 0 Å². The molecule has 1 rings (SSSR count). The number of unbranched alkanes of at least 4 members (excludes halogenated alkanes) is 1. The van der Waals surface area contributed by atoms with Crippen LogP contribution in [0.4, 0.5) is 0 Å². The molecule has 0 saturated carbocycles. The molecule has 0 heterocycles. The van der Waals surface area contributed by atoms with Gasteiger partial charge in [-0.05, 0) is 49.4 Å². The van der Waals surface area contributed by atoms with Crippen LogP contribution >= 0.6 is 11.6 Å². The molecule has 0 aliphatic carbocycles. The average Bonchev–Trinajstić information content (AvgIpc) is 2.47. The molecule has 0 saturated heterocycles. The van der Waals surface area contributed by atoms with E-state index in [2.05, 4.69) is 38.2 Å². The van der Waals surface area contributed by atoms with Crippen molar-refractivity contribution in [3.63, 3.8) is 0 Å². The Morgan fingerprint density at radius 3 is 2.30 bits per heavy atom. The van der Waals surface area contributed by atoms with Crippen molar-refractivity contribution >= 4 is 11.6 Å². The molecule has 0 amide bonds. The van der Waals surface area contributed by atoms with E-state index < -0.39 is 0 Å². The van der Waals surface area contributed by atoms with Crippen molar-refractivity contribution in [1.82, 2.24) is 5.32 Å². The van der Waals surface area contributed by atoms with Gasteiger partial charge in [0, 0.05) is 11.1 Å². The van der Waals surface area contributed by atoms with Crippen LogP contribution in [0, 0.1) is 5.92 Å². The molecule has 2 unspecified atom stereocenters. The maximum atomic E-state index is 5.97. The molecule has 20 heavy (non-hydrogen) atoms. The van der Waals surface area contributed by atoms with Gasteiger partial charge in [-0.2, -0.15) is 0 Å². The summed E-state index contributed by atoms with van der Waals surface area (Å²) in [5, 5.41) is 4.58. The molecule has 1 nitrogen and oxygen atoms in total. The minimum atomic E-state index is 0.590. The Hall–Kier alpha value is -0.530. The average molecular weight is 296 g/mol. The molecule has 2 heteroatoms. The minimum absolute atomic E-state index is 0.590. The van der Waals surface area contributed by atoms with Gasteiger partial charge in [-0.3, -0.25) is 0 Å². The molecular weight excluding hydrogens is 266 g/mol. The third-order valence-corrected chi connectivity index (χ3v) is 4.30. The van der Waals surface area contributed by atoms with Crippen molar-refractivity contribution in [3.05, 3.63) is 34.9 Å². The largest absolute Gasteiger partial charge is 0.313 e. The zero-order valence-corrected chi connectivity index (χ0v) is 14.0. The lowest BCUT2D eigenvalue weighted by atomic mass is 9.87. The summed E-state index contributed by atoms with van der Waals surface area (Å²) < 4.78 is 0. The molecule has 0 radical (unpaired) electrons. The van der Waals surface area contributed by atoms with E-state index in [1.165, 1.54) is 37.7 Å². The number of hydrogen-bond acceptors (Lipinski definition) is 1.